The number of amides is 2. The van der Waals surface area contributed by atoms with E-state index in [9.17, 15) is 9.59 Å². The summed E-state index contributed by atoms with van der Waals surface area (Å²) in [4.78, 5) is 26.3. The van der Waals surface area contributed by atoms with Crippen LogP contribution in [0, 0.1) is 0 Å². The van der Waals surface area contributed by atoms with Crippen LogP contribution in [-0.4, -0.2) is 11.1 Å². The first kappa shape index (κ1) is 15.3. The van der Waals surface area contributed by atoms with Gasteiger partial charge in [0.1, 0.15) is 0 Å². The highest BCUT2D eigenvalue weighted by atomic mass is 32.2. The predicted octanol–water partition coefficient (Wildman–Crippen LogP) is 4.87. The summed E-state index contributed by atoms with van der Waals surface area (Å²) in [6, 6.07) is 18.8. The molecular formula is C19H15NO2S. The van der Waals surface area contributed by atoms with Gasteiger partial charge in [0.2, 0.25) is 0 Å². The molecule has 0 spiro atoms. The van der Waals surface area contributed by atoms with Crippen molar-refractivity contribution < 1.29 is 9.59 Å². The largest absolute Gasteiger partial charge is 0.298 e. The summed E-state index contributed by atoms with van der Waals surface area (Å²) in [6.45, 7) is 1.92. The maximum atomic E-state index is 12.5. The van der Waals surface area contributed by atoms with Crippen LogP contribution in [0.2, 0.25) is 0 Å². The molecule has 114 valence electrons. The smallest absolute Gasteiger partial charge is 0.268 e. The molecule has 0 aliphatic carbocycles. The standard InChI is InChI=1S/C19H15NO2S/c1-14(12-15-8-4-2-5-9-15)13-17-18(21)20(19(22)23-17)16-10-6-3-7-11-16/h2-13H,1H3/b14-12-,17-13-. The lowest BCUT2D eigenvalue weighted by Gasteiger charge is -2.11. The quantitative estimate of drug-likeness (QED) is 0.757. The van der Waals surface area contributed by atoms with Crippen molar-refractivity contribution in [2.24, 2.45) is 0 Å². The fraction of sp³-hybridized carbons (Fsp3) is 0.0526. The molecule has 1 fully saturated rings. The molecular weight excluding hydrogens is 306 g/mol. The number of para-hydroxylation sites is 1. The highest BCUT2D eigenvalue weighted by Gasteiger charge is 2.36. The highest BCUT2D eigenvalue weighted by Crippen LogP contribution is 2.35. The van der Waals surface area contributed by atoms with E-state index in [1.54, 1.807) is 18.2 Å². The summed E-state index contributed by atoms with van der Waals surface area (Å²) >= 11 is 0.973. The second kappa shape index (κ2) is 6.67. The zero-order valence-corrected chi connectivity index (χ0v) is 13.4. The van der Waals surface area contributed by atoms with Gasteiger partial charge < -0.3 is 0 Å². The first-order chi connectivity index (χ1) is 11.1. The minimum Gasteiger partial charge on any atom is -0.268 e. The lowest BCUT2D eigenvalue weighted by molar-refractivity contribution is -0.113. The molecule has 23 heavy (non-hydrogen) atoms. The minimum absolute atomic E-state index is 0.264. The van der Waals surface area contributed by atoms with Gasteiger partial charge in [0.15, 0.2) is 0 Å². The molecule has 1 aliphatic rings. The van der Waals surface area contributed by atoms with E-state index in [-0.39, 0.29) is 11.1 Å². The number of nitrogens with zero attached hydrogens (tertiary/aromatic N) is 1. The molecule has 2 aromatic rings. The van der Waals surface area contributed by atoms with E-state index < -0.39 is 0 Å². The molecule has 0 aromatic heterocycles. The number of carbonyl (C=O) groups is 2. The Hall–Kier alpha value is -2.59. The van der Waals surface area contributed by atoms with Crippen LogP contribution in [0.1, 0.15) is 12.5 Å². The molecule has 0 N–H and O–H groups in total. The molecule has 4 heteroatoms. The van der Waals surface area contributed by atoms with Crippen LogP contribution in [-0.2, 0) is 4.79 Å². The normalized spacial score (nSPS) is 17.2. The van der Waals surface area contributed by atoms with E-state index in [1.165, 1.54) is 4.90 Å². The minimum atomic E-state index is -0.271. The van der Waals surface area contributed by atoms with Gasteiger partial charge in [-0.1, -0.05) is 54.6 Å². The Morgan fingerprint density at radius 2 is 1.57 bits per heavy atom. The van der Waals surface area contributed by atoms with Crippen LogP contribution in [0.3, 0.4) is 0 Å². The van der Waals surface area contributed by atoms with Crippen molar-refractivity contribution >= 4 is 34.7 Å². The van der Waals surface area contributed by atoms with E-state index in [4.69, 9.17) is 0 Å². The SMILES string of the molecule is CC(=C/c1ccccc1)/C=C1\SC(=O)N(c2ccccc2)C1=O. The zero-order chi connectivity index (χ0) is 16.2. The van der Waals surface area contributed by atoms with Crippen LogP contribution in [0.25, 0.3) is 6.08 Å². The van der Waals surface area contributed by atoms with Crippen molar-refractivity contribution in [2.45, 2.75) is 6.92 Å². The summed E-state index contributed by atoms with van der Waals surface area (Å²) < 4.78 is 0. The molecule has 1 aliphatic heterocycles. The molecule has 1 saturated heterocycles. The van der Waals surface area contributed by atoms with Gasteiger partial charge in [-0.15, -0.1) is 0 Å². The molecule has 0 atom stereocenters. The fourth-order valence-electron chi connectivity index (χ4n) is 2.33. The summed E-state index contributed by atoms with van der Waals surface area (Å²) in [5, 5.41) is -0.264. The molecule has 0 bridgehead atoms. The molecule has 2 amide bonds. The summed E-state index contributed by atoms with van der Waals surface area (Å²) in [6.07, 6.45) is 3.75. The second-order valence-corrected chi connectivity index (χ2v) is 6.14. The molecule has 0 radical (unpaired) electrons. The summed E-state index contributed by atoms with van der Waals surface area (Å²) in [5.41, 5.74) is 2.58. The average molecular weight is 321 g/mol. The Morgan fingerprint density at radius 3 is 2.22 bits per heavy atom. The van der Waals surface area contributed by atoms with Crippen molar-refractivity contribution in [1.82, 2.24) is 0 Å². The van der Waals surface area contributed by atoms with Gasteiger partial charge in [-0.05, 0) is 48.0 Å². The molecule has 2 aromatic carbocycles. The van der Waals surface area contributed by atoms with Crippen LogP contribution in [0.5, 0.6) is 0 Å². The third-order valence-electron chi connectivity index (χ3n) is 3.36. The van der Waals surface area contributed by atoms with Crippen molar-refractivity contribution in [2.75, 3.05) is 4.90 Å². The number of carbonyl (C=O) groups excluding carboxylic acids is 2. The maximum Gasteiger partial charge on any atom is 0.298 e. The van der Waals surface area contributed by atoms with Crippen molar-refractivity contribution in [3.63, 3.8) is 0 Å². The lowest BCUT2D eigenvalue weighted by atomic mass is 10.1. The topological polar surface area (TPSA) is 37.4 Å². The Labute approximate surface area is 139 Å². The van der Waals surface area contributed by atoms with Gasteiger partial charge in [0.05, 0.1) is 10.6 Å². The van der Waals surface area contributed by atoms with Gasteiger partial charge in [-0.3, -0.25) is 9.59 Å². The first-order valence-corrected chi connectivity index (χ1v) is 8.03. The number of hydrogen-bond acceptors (Lipinski definition) is 3. The molecule has 1 heterocycles. The van der Waals surface area contributed by atoms with Crippen LogP contribution in [0.15, 0.2) is 77.2 Å². The highest BCUT2D eigenvalue weighted by molar-refractivity contribution is 8.18. The number of imide groups is 1. The predicted molar refractivity (Wildman–Crippen MR) is 95.1 cm³/mol. The van der Waals surface area contributed by atoms with E-state index in [0.717, 1.165) is 22.9 Å². The Balaban J connectivity index is 1.86. The monoisotopic (exact) mass is 321 g/mol. The first-order valence-electron chi connectivity index (χ1n) is 7.21. The maximum absolute atomic E-state index is 12.5. The van der Waals surface area contributed by atoms with Crippen molar-refractivity contribution in [3.8, 4) is 0 Å². The van der Waals surface area contributed by atoms with E-state index in [1.807, 2.05) is 61.5 Å². The Kier molecular flexibility index (Phi) is 4.44. The lowest BCUT2D eigenvalue weighted by Crippen LogP contribution is -2.27. The fourth-order valence-corrected chi connectivity index (χ4v) is 3.22. The third-order valence-corrected chi connectivity index (χ3v) is 4.23. The number of thioether (sulfide) groups is 1. The number of allylic oxidation sites excluding steroid dienone is 2. The third kappa shape index (κ3) is 3.43. The van der Waals surface area contributed by atoms with Gasteiger partial charge in [0, 0.05) is 0 Å². The van der Waals surface area contributed by atoms with Crippen LogP contribution in [0.4, 0.5) is 10.5 Å². The van der Waals surface area contributed by atoms with Gasteiger partial charge in [-0.2, -0.15) is 0 Å². The van der Waals surface area contributed by atoms with Gasteiger partial charge in [-0.25, -0.2) is 4.90 Å². The van der Waals surface area contributed by atoms with Crippen molar-refractivity contribution in [3.05, 3.63) is 82.8 Å². The van der Waals surface area contributed by atoms with Crippen LogP contribution < -0.4 is 4.90 Å². The van der Waals surface area contributed by atoms with E-state index >= 15 is 0 Å². The number of rotatable bonds is 3. The molecule has 3 nitrogen and oxygen atoms in total. The van der Waals surface area contributed by atoms with Gasteiger partial charge >= 0.3 is 0 Å². The van der Waals surface area contributed by atoms with Crippen LogP contribution >= 0.6 is 11.8 Å². The zero-order valence-electron chi connectivity index (χ0n) is 12.6. The second-order valence-electron chi connectivity index (χ2n) is 5.15. The molecule has 0 unspecified atom stereocenters. The number of benzene rings is 2. The average Bonchev–Trinajstić information content (AvgIpc) is 2.83. The van der Waals surface area contributed by atoms with Crippen molar-refractivity contribution in [1.29, 1.82) is 0 Å². The Morgan fingerprint density at radius 1 is 0.957 bits per heavy atom. The Bertz CT molecular complexity index is 795. The molecule has 3 rings (SSSR count). The summed E-state index contributed by atoms with van der Waals surface area (Å²) in [5.74, 6) is -0.271. The van der Waals surface area contributed by atoms with Gasteiger partial charge in [0.25, 0.3) is 11.1 Å². The van der Waals surface area contributed by atoms with E-state index in [0.29, 0.717) is 10.6 Å². The van der Waals surface area contributed by atoms with E-state index in [2.05, 4.69) is 0 Å². The number of anilines is 1. The number of hydrogen-bond donors (Lipinski definition) is 0. The summed E-state index contributed by atoms with van der Waals surface area (Å²) in [7, 11) is 0. The molecule has 0 saturated carbocycles.